The zero-order valence-corrected chi connectivity index (χ0v) is 30.3. The molecule has 0 radical (unpaired) electrons. The van der Waals surface area contributed by atoms with Crippen LogP contribution in [0.5, 0.6) is 0 Å². The van der Waals surface area contributed by atoms with E-state index in [4.69, 9.17) is 32.7 Å². The molecule has 9 nitrogen and oxygen atoms in total. The van der Waals surface area contributed by atoms with E-state index in [0.717, 1.165) is 87.3 Å². The molecule has 5 rings (SSSR count). The van der Waals surface area contributed by atoms with Crippen molar-refractivity contribution in [1.29, 1.82) is 0 Å². The van der Waals surface area contributed by atoms with Gasteiger partial charge in [0.15, 0.2) is 0 Å². The van der Waals surface area contributed by atoms with Crippen molar-refractivity contribution in [3.63, 3.8) is 0 Å². The average Bonchev–Trinajstić information content (AvgIpc) is 3.39. The Kier molecular flexibility index (Phi) is 13.6. The fourth-order valence-electron chi connectivity index (χ4n) is 7.65. The highest BCUT2D eigenvalue weighted by Crippen LogP contribution is 2.39. The molecule has 3 fully saturated rings. The largest absolute Gasteiger partial charge is 0.467 e. The van der Waals surface area contributed by atoms with Crippen LogP contribution in [0.2, 0.25) is 10.0 Å². The number of nitrogens with one attached hydrogen (secondary N) is 3. The van der Waals surface area contributed by atoms with Gasteiger partial charge in [-0.15, -0.1) is 0 Å². The molecule has 2 aromatic rings. The highest BCUT2D eigenvalue weighted by molar-refractivity contribution is 7.99. The van der Waals surface area contributed by atoms with Crippen molar-refractivity contribution in [3.05, 3.63) is 69.7 Å². The standard InChI is InChI=1S/C37H47Cl2N3O6S/c1-47-35(45)30(22-27-23-37(41-33(27)43)16-6-3-7-17-37)40-34(44)32(20-24-10-4-2-5-11-24)49-42-36(46)48-31(26-13-9-15-29(39)21-26)19-25-12-8-14-28(38)18-25/h8-9,12-15,18,21,24,27,30-32H,2-7,10-11,16-17,19-20,22-23H2,1H3,(H,40,44)(H,41,43)(H,42,46)/t27?,30?,31?,32-/m0/s1. The van der Waals surface area contributed by atoms with Crippen molar-refractivity contribution in [2.75, 3.05) is 7.11 Å². The van der Waals surface area contributed by atoms with Crippen LogP contribution in [-0.2, 0) is 30.3 Å². The van der Waals surface area contributed by atoms with Crippen LogP contribution in [0.1, 0.15) is 101 Å². The zero-order chi connectivity index (χ0) is 34.8. The number of carbonyl (C=O) groups is 4. The van der Waals surface area contributed by atoms with Crippen LogP contribution in [0.3, 0.4) is 0 Å². The number of benzene rings is 2. The summed E-state index contributed by atoms with van der Waals surface area (Å²) in [5.74, 6) is -1.15. The van der Waals surface area contributed by atoms with E-state index in [1.807, 2.05) is 24.3 Å². The molecule has 2 aliphatic carbocycles. The smallest absolute Gasteiger partial charge is 0.417 e. The number of hydrogen-bond acceptors (Lipinski definition) is 7. The number of esters is 1. The van der Waals surface area contributed by atoms with Crippen molar-refractivity contribution in [1.82, 2.24) is 15.4 Å². The number of carbonyl (C=O) groups excluding carboxylic acids is 4. The van der Waals surface area contributed by atoms with Gasteiger partial charge in [-0.25, -0.2) is 9.59 Å². The lowest BCUT2D eigenvalue weighted by atomic mass is 9.78. The third kappa shape index (κ3) is 10.8. The van der Waals surface area contributed by atoms with Crippen molar-refractivity contribution in [2.24, 2.45) is 11.8 Å². The molecular weight excluding hydrogens is 685 g/mol. The summed E-state index contributed by atoms with van der Waals surface area (Å²) in [7, 11) is 1.28. The fourth-order valence-corrected chi connectivity index (χ4v) is 8.89. The topological polar surface area (TPSA) is 123 Å². The van der Waals surface area contributed by atoms with E-state index in [0.29, 0.717) is 35.2 Å². The van der Waals surface area contributed by atoms with Crippen LogP contribution in [0.4, 0.5) is 4.79 Å². The molecular formula is C37H47Cl2N3O6S. The molecule has 2 aromatic carbocycles. The Labute approximate surface area is 303 Å². The van der Waals surface area contributed by atoms with Gasteiger partial charge in [0.05, 0.1) is 7.11 Å². The lowest BCUT2D eigenvalue weighted by Crippen LogP contribution is -2.47. The second-order valence-electron chi connectivity index (χ2n) is 13.8. The van der Waals surface area contributed by atoms with Crippen molar-refractivity contribution < 1.29 is 28.7 Å². The number of ether oxygens (including phenoxy) is 2. The molecule has 1 aliphatic heterocycles. The predicted molar refractivity (Wildman–Crippen MR) is 192 cm³/mol. The average molecular weight is 733 g/mol. The maximum Gasteiger partial charge on any atom is 0.417 e. The molecule has 3 aliphatic rings. The summed E-state index contributed by atoms with van der Waals surface area (Å²) in [4.78, 5) is 53.2. The molecule has 0 aromatic heterocycles. The van der Waals surface area contributed by atoms with Gasteiger partial charge in [0.1, 0.15) is 17.4 Å². The summed E-state index contributed by atoms with van der Waals surface area (Å²) in [6, 6.07) is 13.5. The van der Waals surface area contributed by atoms with E-state index in [1.165, 1.54) is 7.11 Å². The molecule has 3 amide bonds. The summed E-state index contributed by atoms with van der Waals surface area (Å²) >= 11 is 13.5. The van der Waals surface area contributed by atoms with Gasteiger partial charge in [0, 0.05) is 27.9 Å². The Bertz CT molecular complexity index is 1470. The summed E-state index contributed by atoms with van der Waals surface area (Å²) < 4.78 is 13.8. The number of methoxy groups -OCH3 is 1. The molecule has 12 heteroatoms. The Morgan fingerprint density at radius 2 is 1.65 bits per heavy atom. The van der Waals surface area contributed by atoms with E-state index in [2.05, 4.69) is 15.4 Å². The molecule has 3 unspecified atom stereocenters. The third-order valence-electron chi connectivity index (χ3n) is 10.2. The molecule has 1 saturated heterocycles. The SMILES string of the molecule is COC(=O)C(CC1CC2(CCCCC2)NC1=O)NC(=O)[C@H](CC1CCCCC1)SNC(=O)OC(Cc1cccc(Cl)c1)c1cccc(Cl)c1. The monoisotopic (exact) mass is 731 g/mol. The Hall–Kier alpha value is -2.95. The van der Waals surface area contributed by atoms with Gasteiger partial charge in [-0.3, -0.25) is 14.3 Å². The number of hydrogen-bond donors (Lipinski definition) is 3. The van der Waals surface area contributed by atoms with Crippen LogP contribution in [-0.4, -0.2) is 47.8 Å². The first-order chi connectivity index (χ1) is 23.6. The van der Waals surface area contributed by atoms with Gasteiger partial charge < -0.3 is 20.1 Å². The van der Waals surface area contributed by atoms with E-state index >= 15 is 0 Å². The Morgan fingerprint density at radius 3 is 2.35 bits per heavy atom. The van der Waals surface area contributed by atoms with Crippen LogP contribution >= 0.6 is 35.1 Å². The van der Waals surface area contributed by atoms with Gasteiger partial charge >= 0.3 is 12.1 Å². The molecule has 2 saturated carbocycles. The van der Waals surface area contributed by atoms with Gasteiger partial charge in [-0.05, 0) is 85.4 Å². The van der Waals surface area contributed by atoms with Crippen molar-refractivity contribution in [3.8, 4) is 0 Å². The van der Waals surface area contributed by atoms with Gasteiger partial charge in [0.2, 0.25) is 11.8 Å². The molecule has 266 valence electrons. The summed E-state index contributed by atoms with van der Waals surface area (Å²) in [6.45, 7) is 0. The zero-order valence-electron chi connectivity index (χ0n) is 28.0. The number of amides is 3. The van der Waals surface area contributed by atoms with Gasteiger partial charge in [-0.1, -0.05) is 98.8 Å². The highest BCUT2D eigenvalue weighted by Gasteiger charge is 2.46. The van der Waals surface area contributed by atoms with E-state index in [1.54, 1.807) is 24.3 Å². The summed E-state index contributed by atoms with van der Waals surface area (Å²) in [5, 5.41) is 6.50. The minimum Gasteiger partial charge on any atom is -0.467 e. The summed E-state index contributed by atoms with van der Waals surface area (Å²) in [6.07, 6.45) is 10.8. The Balaban J connectivity index is 1.26. The first-order valence-electron chi connectivity index (χ1n) is 17.5. The minimum absolute atomic E-state index is 0.0744. The van der Waals surface area contributed by atoms with E-state index < -0.39 is 35.4 Å². The quantitative estimate of drug-likeness (QED) is 0.142. The fraction of sp³-hybridized carbons (Fsp3) is 0.568. The normalized spacial score (nSPS) is 20.9. The molecule has 49 heavy (non-hydrogen) atoms. The molecule has 3 N–H and O–H groups in total. The van der Waals surface area contributed by atoms with Crippen LogP contribution < -0.4 is 15.4 Å². The minimum atomic E-state index is -0.988. The highest BCUT2D eigenvalue weighted by atomic mass is 35.5. The first kappa shape index (κ1) is 37.3. The van der Waals surface area contributed by atoms with E-state index in [-0.39, 0.29) is 23.8 Å². The lowest BCUT2D eigenvalue weighted by molar-refractivity contribution is -0.145. The van der Waals surface area contributed by atoms with Crippen LogP contribution in [0, 0.1) is 11.8 Å². The van der Waals surface area contributed by atoms with Gasteiger partial charge in [0.25, 0.3) is 0 Å². The van der Waals surface area contributed by atoms with Crippen molar-refractivity contribution in [2.45, 2.75) is 113 Å². The van der Waals surface area contributed by atoms with Crippen molar-refractivity contribution >= 4 is 59.0 Å². The van der Waals surface area contributed by atoms with E-state index in [9.17, 15) is 19.2 Å². The second-order valence-corrected chi connectivity index (χ2v) is 15.7. The maximum absolute atomic E-state index is 13.9. The van der Waals surface area contributed by atoms with Gasteiger partial charge in [-0.2, -0.15) is 0 Å². The molecule has 1 spiro atoms. The third-order valence-corrected chi connectivity index (χ3v) is 11.6. The van der Waals surface area contributed by atoms with Crippen LogP contribution in [0.15, 0.2) is 48.5 Å². The van der Waals surface area contributed by atoms with Crippen LogP contribution in [0.25, 0.3) is 0 Å². The number of rotatable bonds is 13. The second kappa shape index (κ2) is 17.8. The molecule has 4 atom stereocenters. The molecule has 0 bridgehead atoms. The Morgan fingerprint density at radius 1 is 0.959 bits per heavy atom. The summed E-state index contributed by atoms with van der Waals surface area (Å²) in [5.41, 5.74) is 1.38. The molecule has 1 heterocycles. The lowest BCUT2D eigenvalue weighted by Gasteiger charge is -2.33. The maximum atomic E-state index is 13.9. The predicted octanol–water partition coefficient (Wildman–Crippen LogP) is 7.88. The number of halogens is 2. The first-order valence-corrected chi connectivity index (χ1v) is 19.1.